The Morgan fingerprint density at radius 3 is 2.58 bits per heavy atom. The van der Waals surface area contributed by atoms with E-state index in [9.17, 15) is 9.90 Å². The van der Waals surface area contributed by atoms with Crippen LogP contribution in [0.15, 0.2) is 78.3 Å². The highest BCUT2D eigenvalue weighted by atomic mass is 32.1. The van der Waals surface area contributed by atoms with Crippen molar-refractivity contribution >= 4 is 39.9 Å². The molecule has 1 aliphatic rings. The normalized spacial score (nSPS) is 14.1. The van der Waals surface area contributed by atoms with Gasteiger partial charge in [0.25, 0.3) is 0 Å². The number of allylic oxidation sites excluding steroid dienone is 1. The molecule has 0 atom stereocenters. The number of aromatic carboxylic acids is 1. The predicted molar refractivity (Wildman–Crippen MR) is 132 cm³/mol. The summed E-state index contributed by atoms with van der Waals surface area (Å²) in [7, 11) is 0. The summed E-state index contributed by atoms with van der Waals surface area (Å²) in [5.41, 5.74) is 6.63. The lowest BCUT2D eigenvalue weighted by Gasteiger charge is -2.09. The van der Waals surface area contributed by atoms with Gasteiger partial charge in [-0.05, 0) is 59.7 Å². The lowest BCUT2D eigenvalue weighted by atomic mass is 10.0. The molecule has 0 amide bonds. The van der Waals surface area contributed by atoms with E-state index < -0.39 is 5.97 Å². The smallest absolute Gasteiger partial charge is 0.336 e. The van der Waals surface area contributed by atoms with Gasteiger partial charge in [0.1, 0.15) is 5.69 Å². The molecule has 0 saturated carbocycles. The Hall–Kier alpha value is -4.03. The number of carboxylic acid groups (broad SMARTS) is 1. The molecule has 33 heavy (non-hydrogen) atoms. The average Bonchev–Trinajstić information content (AvgIpc) is 3.59. The molecule has 0 bridgehead atoms. The summed E-state index contributed by atoms with van der Waals surface area (Å²) in [6, 6.07) is 21.6. The fourth-order valence-electron chi connectivity index (χ4n) is 4.52. The molecule has 3 heterocycles. The number of carboxylic acids is 1. The van der Waals surface area contributed by atoms with Crippen molar-refractivity contribution in [2.75, 3.05) is 0 Å². The first-order valence-corrected chi connectivity index (χ1v) is 11.6. The van der Waals surface area contributed by atoms with Crippen molar-refractivity contribution in [3.05, 3.63) is 101 Å². The van der Waals surface area contributed by atoms with Crippen molar-refractivity contribution in [1.29, 1.82) is 0 Å². The molecule has 160 valence electrons. The molecule has 2 aromatic carbocycles. The largest absolute Gasteiger partial charge is 0.478 e. The van der Waals surface area contributed by atoms with Gasteiger partial charge in [-0.1, -0.05) is 42.5 Å². The topological polar surface area (TPSA) is 68.0 Å². The summed E-state index contributed by atoms with van der Waals surface area (Å²) in [4.78, 5) is 18.1. The van der Waals surface area contributed by atoms with E-state index in [1.807, 2.05) is 76.9 Å². The third-order valence-corrected chi connectivity index (χ3v) is 6.88. The van der Waals surface area contributed by atoms with Crippen LogP contribution in [0.3, 0.4) is 0 Å². The van der Waals surface area contributed by atoms with E-state index in [4.69, 9.17) is 10.1 Å². The van der Waals surface area contributed by atoms with E-state index >= 15 is 0 Å². The molecule has 1 N–H and O–H groups in total. The molecule has 0 spiro atoms. The molecule has 3 aromatic heterocycles. The van der Waals surface area contributed by atoms with Gasteiger partial charge in [-0.2, -0.15) is 5.10 Å². The lowest BCUT2D eigenvalue weighted by molar-refractivity contribution is 0.0698. The predicted octanol–water partition coefficient (Wildman–Crippen LogP) is 6.33. The van der Waals surface area contributed by atoms with Gasteiger partial charge in [-0.3, -0.25) is 0 Å². The first-order valence-electron chi connectivity index (χ1n) is 10.7. The van der Waals surface area contributed by atoms with Crippen molar-refractivity contribution in [2.24, 2.45) is 0 Å². The molecular weight excluding hydrogens is 430 g/mol. The van der Waals surface area contributed by atoms with Crippen LogP contribution in [0.25, 0.3) is 38.8 Å². The Kier molecular flexibility index (Phi) is 4.66. The third-order valence-electron chi connectivity index (χ3n) is 6.00. The van der Waals surface area contributed by atoms with Crippen LogP contribution in [-0.4, -0.2) is 25.8 Å². The molecule has 5 nitrogen and oxygen atoms in total. The van der Waals surface area contributed by atoms with Gasteiger partial charge < -0.3 is 5.11 Å². The van der Waals surface area contributed by atoms with Crippen molar-refractivity contribution in [3.8, 4) is 16.3 Å². The summed E-state index contributed by atoms with van der Waals surface area (Å²) in [5, 5.41) is 17.6. The number of aromatic nitrogens is 3. The van der Waals surface area contributed by atoms with Gasteiger partial charge >= 0.3 is 5.97 Å². The fraction of sp³-hybridized carbons (Fsp3) is 0.0741. The maximum absolute atomic E-state index is 12.2. The van der Waals surface area contributed by atoms with Crippen LogP contribution in [0.4, 0.5) is 0 Å². The number of fused-ring (bicyclic) bond motifs is 2. The molecule has 0 fully saturated rings. The number of para-hydroxylation sites is 2. The first kappa shape index (κ1) is 19.6. The molecule has 1 aliphatic carbocycles. The highest BCUT2D eigenvalue weighted by Crippen LogP contribution is 2.39. The van der Waals surface area contributed by atoms with Crippen LogP contribution in [0.2, 0.25) is 0 Å². The highest BCUT2D eigenvalue weighted by Gasteiger charge is 2.27. The van der Waals surface area contributed by atoms with E-state index in [0.717, 1.165) is 45.1 Å². The molecule has 0 saturated heterocycles. The van der Waals surface area contributed by atoms with Crippen molar-refractivity contribution in [3.63, 3.8) is 0 Å². The summed E-state index contributed by atoms with van der Waals surface area (Å²) < 4.78 is 1.90. The van der Waals surface area contributed by atoms with Crippen molar-refractivity contribution < 1.29 is 9.90 Å². The summed E-state index contributed by atoms with van der Waals surface area (Å²) in [6.45, 7) is 0. The van der Waals surface area contributed by atoms with Gasteiger partial charge in [0.05, 0.1) is 27.3 Å². The molecule has 0 aliphatic heterocycles. The number of hydrogen-bond donors (Lipinski definition) is 1. The minimum Gasteiger partial charge on any atom is -0.478 e. The number of pyridine rings is 1. The fourth-order valence-corrected chi connectivity index (χ4v) is 5.25. The third kappa shape index (κ3) is 3.36. The lowest BCUT2D eigenvalue weighted by Crippen LogP contribution is -2.05. The first-order chi connectivity index (χ1) is 16.2. The van der Waals surface area contributed by atoms with Crippen LogP contribution in [0.5, 0.6) is 0 Å². The van der Waals surface area contributed by atoms with E-state index in [0.29, 0.717) is 22.9 Å². The number of nitrogens with zero attached hydrogens (tertiary/aromatic N) is 3. The Labute approximate surface area is 194 Å². The van der Waals surface area contributed by atoms with Crippen LogP contribution in [0, 0.1) is 0 Å². The van der Waals surface area contributed by atoms with E-state index in [1.165, 1.54) is 0 Å². The van der Waals surface area contributed by atoms with Gasteiger partial charge in [0.15, 0.2) is 0 Å². The number of rotatable bonds is 4. The van der Waals surface area contributed by atoms with Gasteiger partial charge in [-0.15, -0.1) is 11.3 Å². The van der Waals surface area contributed by atoms with Crippen LogP contribution in [-0.2, 0) is 6.42 Å². The standard InChI is InChI=1S/C27H19N3O2S/c31-27(32)24-20-9-4-5-10-22(20)28-25-17(12-13-21(24)25)15-18-16-30(19-7-2-1-3-8-19)29-26(18)23-11-6-14-33-23/h1-11,14-16H,12-13H2,(H,31,32)/b17-15-. The summed E-state index contributed by atoms with van der Waals surface area (Å²) in [6.07, 6.45) is 5.58. The zero-order valence-electron chi connectivity index (χ0n) is 17.6. The number of thiophene rings is 1. The van der Waals surface area contributed by atoms with Crippen LogP contribution >= 0.6 is 11.3 Å². The quantitative estimate of drug-likeness (QED) is 0.348. The van der Waals surface area contributed by atoms with Crippen molar-refractivity contribution in [1.82, 2.24) is 14.8 Å². The minimum atomic E-state index is -0.901. The number of benzene rings is 2. The van der Waals surface area contributed by atoms with E-state index in [-0.39, 0.29) is 0 Å². The van der Waals surface area contributed by atoms with Crippen LogP contribution < -0.4 is 0 Å². The Morgan fingerprint density at radius 1 is 0.970 bits per heavy atom. The second-order valence-corrected chi connectivity index (χ2v) is 8.94. The molecule has 5 aromatic rings. The molecule has 0 radical (unpaired) electrons. The number of hydrogen-bond acceptors (Lipinski definition) is 4. The molecule has 0 unspecified atom stereocenters. The van der Waals surface area contributed by atoms with Crippen LogP contribution in [0.1, 0.15) is 33.6 Å². The zero-order chi connectivity index (χ0) is 22.4. The van der Waals surface area contributed by atoms with E-state index in [2.05, 4.69) is 12.1 Å². The maximum Gasteiger partial charge on any atom is 0.336 e. The average molecular weight is 450 g/mol. The Balaban J connectivity index is 1.54. The van der Waals surface area contributed by atoms with Crippen molar-refractivity contribution in [2.45, 2.75) is 12.8 Å². The second-order valence-electron chi connectivity index (χ2n) is 8.00. The molecule has 6 rings (SSSR count). The zero-order valence-corrected chi connectivity index (χ0v) is 18.4. The highest BCUT2D eigenvalue weighted by molar-refractivity contribution is 7.13. The van der Waals surface area contributed by atoms with Gasteiger partial charge in [0, 0.05) is 17.1 Å². The summed E-state index contributed by atoms with van der Waals surface area (Å²) >= 11 is 1.65. The Morgan fingerprint density at radius 2 is 1.79 bits per heavy atom. The molecular formula is C27H19N3O2S. The maximum atomic E-state index is 12.2. The number of carbonyl (C=O) groups is 1. The Bertz CT molecular complexity index is 1530. The minimum absolute atomic E-state index is 0.373. The molecule has 6 heteroatoms. The SMILES string of the molecule is O=C(O)c1c2c(nc3ccccc13)/C(=C\c1cn(-c3ccccc3)nc1-c1cccs1)CC2. The second kappa shape index (κ2) is 7.83. The van der Waals surface area contributed by atoms with Gasteiger partial charge in [0.2, 0.25) is 0 Å². The van der Waals surface area contributed by atoms with Gasteiger partial charge in [-0.25, -0.2) is 14.5 Å². The van der Waals surface area contributed by atoms with E-state index in [1.54, 1.807) is 11.3 Å². The summed E-state index contributed by atoms with van der Waals surface area (Å²) in [5.74, 6) is -0.901. The monoisotopic (exact) mass is 449 g/mol.